The van der Waals surface area contributed by atoms with E-state index in [1.807, 2.05) is 0 Å². The van der Waals surface area contributed by atoms with Gasteiger partial charge in [0.2, 0.25) is 0 Å². The molecule has 0 aliphatic rings. The Morgan fingerprint density at radius 1 is 0.800 bits per heavy atom. The molecule has 104 valence electrons. The molecule has 0 unspecified atom stereocenters. The molecular weight excluding hydrogens is 262 g/mol. The van der Waals surface area contributed by atoms with Crippen molar-refractivity contribution in [3.05, 3.63) is 54.3 Å². The molecule has 0 aliphatic carbocycles. The first-order valence-electron chi connectivity index (χ1n) is 6.12. The van der Waals surface area contributed by atoms with E-state index in [9.17, 15) is 4.39 Å². The Balaban J connectivity index is 1.74. The van der Waals surface area contributed by atoms with E-state index in [0.717, 1.165) is 0 Å². The molecule has 0 aromatic heterocycles. The van der Waals surface area contributed by atoms with Gasteiger partial charge in [-0.25, -0.2) is 4.39 Å². The zero-order chi connectivity index (χ0) is 14.4. The van der Waals surface area contributed by atoms with Crippen molar-refractivity contribution in [3.63, 3.8) is 0 Å². The molecule has 0 heterocycles. The van der Waals surface area contributed by atoms with E-state index in [1.165, 1.54) is 12.1 Å². The highest BCUT2D eigenvalue weighted by atomic mass is 19.1. The summed E-state index contributed by atoms with van der Waals surface area (Å²) in [4.78, 5) is 0. The summed E-state index contributed by atoms with van der Waals surface area (Å²) in [7, 11) is -1.48. The summed E-state index contributed by atoms with van der Waals surface area (Å²) in [5.74, 6) is 0.880. The van der Waals surface area contributed by atoms with E-state index >= 15 is 0 Å². The molecule has 0 aliphatic heterocycles. The van der Waals surface area contributed by atoms with Crippen LogP contribution in [-0.4, -0.2) is 30.4 Å². The van der Waals surface area contributed by atoms with Crippen LogP contribution < -0.4 is 14.9 Å². The van der Waals surface area contributed by atoms with Crippen LogP contribution in [0, 0.1) is 5.82 Å². The van der Waals surface area contributed by atoms with E-state index in [1.54, 1.807) is 36.4 Å². The minimum absolute atomic E-state index is 0.306. The Morgan fingerprint density at radius 3 is 1.70 bits per heavy atom. The van der Waals surface area contributed by atoms with E-state index in [-0.39, 0.29) is 5.82 Å². The average Bonchev–Trinajstić information content (AvgIpc) is 2.46. The van der Waals surface area contributed by atoms with Crippen molar-refractivity contribution in [3.8, 4) is 11.5 Å². The molecule has 0 radical (unpaired) electrons. The van der Waals surface area contributed by atoms with Crippen LogP contribution in [0.15, 0.2) is 48.5 Å². The standard InChI is InChI=1S/C14H14BFO4/c16-12-3-7-14(8-4-12)20-10-9-19-13-5-1-11(2-6-13)15(17)18/h1-8,17-18H,9-10H2. The van der Waals surface area contributed by atoms with Crippen molar-refractivity contribution in [2.45, 2.75) is 0 Å². The van der Waals surface area contributed by atoms with Gasteiger partial charge in [0, 0.05) is 0 Å². The van der Waals surface area contributed by atoms with Crippen LogP contribution in [0.25, 0.3) is 0 Å². The van der Waals surface area contributed by atoms with Crippen molar-refractivity contribution in [2.24, 2.45) is 0 Å². The summed E-state index contributed by atoms with van der Waals surface area (Å²) in [5.41, 5.74) is 0.403. The second-order valence-corrected chi connectivity index (χ2v) is 4.09. The third-order valence-electron chi connectivity index (χ3n) is 2.61. The van der Waals surface area contributed by atoms with Crippen molar-refractivity contribution in [1.82, 2.24) is 0 Å². The molecule has 0 fully saturated rings. The monoisotopic (exact) mass is 276 g/mol. The predicted molar refractivity (Wildman–Crippen MR) is 73.7 cm³/mol. The van der Waals surface area contributed by atoms with Gasteiger partial charge in [0.25, 0.3) is 0 Å². The highest BCUT2D eigenvalue weighted by Crippen LogP contribution is 2.11. The normalized spacial score (nSPS) is 10.2. The van der Waals surface area contributed by atoms with E-state index in [0.29, 0.717) is 30.2 Å². The fourth-order valence-electron chi connectivity index (χ4n) is 1.59. The number of ether oxygens (including phenoxy) is 2. The maximum absolute atomic E-state index is 12.7. The Kier molecular flexibility index (Phi) is 4.98. The van der Waals surface area contributed by atoms with Crippen LogP contribution in [0.4, 0.5) is 4.39 Å². The van der Waals surface area contributed by atoms with Gasteiger partial charge in [-0.2, -0.15) is 0 Å². The van der Waals surface area contributed by atoms with Crippen LogP contribution in [0.3, 0.4) is 0 Å². The number of benzene rings is 2. The van der Waals surface area contributed by atoms with E-state index in [2.05, 4.69) is 0 Å². The van der Waals surface area contributed by atoms with Gasteiger partial charge in [-0.15, -0.1) is 0 Å². The lowest BCUT2D eigenvalue weighted by atomic mass is 9.80. The van der Waals surface area contributed by atoms with Gasteiger partial charge in [0.05, 0.1) is 0 Å². The van der Waals surface area contributed by atoms with Crippen molar-refractivity contribution >= 4 is 12.6 Å². The van der Waals surface area contributed by atoms with Crippen LogP contribution in [0.1, 0.15) is 0 Å². The lowest BCUT2D eigenvalue weighted by Gasteiger charge is -2.09. The summed E-state index contributed by atoms with van der Waals surface area (Å²) in [6.45, 7) is 0.661. The van der Waals surface area contributed by atoms with Gasteiger partial charge < -0.3 is 19.5 Å². The maximum atomic E-state index is 12.7. The predicted octanol–water partition coefficient (Wildman–Crippen LogP) is 0.963. The van der Waals surface area contributed by atoms with Crippen LogP contribution in [0.5, 0.6) is 11.5 Å². The van der Waals surface area contributed by atoms with Crippen LogP contribution in [0.2, 0.25) is 0 Å². The summed E-state index contributed by atoms with van der Waals surface area (Å²) in [6, 6.07) is 12.2. The van der Waals surface area contributed by atoms with Crippen molar-refractivity contribution in [1.29, 1.82) is 0 Å². The largest absolute Gasteiger partial charge is 0.490 e. The molecule has 2 N–H and O–H groups in total. The first kappa shape index (κ1) is 14.4. The maximum Gasteiger partial charge on any atom is 0.488 e. The molecule has 6 heteroatoms. The van der Waals surface area contributed by atoms with Gasteiger partial charge >= 0.3 is 7.12 Å². The molecule has 0 saturated carbocycles. The average molecular weight is 276 g/mol. The van der Waals surface area contributed by atoms with Gasteiger partial charge in [-0.3, -0.25) is 0 Å². The zero-order valence-corrected chi connectivity index (χ0v) is 10.7. The number of rotatable bonds is 6. The van der Waals surface area contributed by atoms with Crippen LogP contribution in [-0.2, 0) is 0 Å². The van der Waals surface area contributed by atoms with Gasteiger partial charge in [-0.05, 0) is 41.9 Å². The highest BCUT2D eigenvalue weighted by Gasteiger charge is 2.09. The molecule has 20 heavy (non-hydrogen) atoms. The second kappa shape index (κ2) is 6.93. The number of hydrogen-bond donors (Lipinski definition) is 2. The number of hydrogen-bond acceptors (Lipinski definition) is 4. The first-order valence-corrected chi connectivity index (χ1v) is 6.12. The smallest absolute Gasteiger partial charge is 0.488 e. The molecular formula is C14H14BFO4. The number of halogens is 1. The molecule has 2 rings (SSSR count). The highest BCUT2D eigenvalue weighted by molar-refractivity contribution is 6.58. The molecule has 0 atom stereocenters. The van der Waals surface area contributed by atoms with Crippen molar-refractivity contribution < 1.29 is 23.9 Å². The summed E-state index contributed by atoms with van der Waals surface area (Å²) >= 11 is 0. The Bertz CT molecular complexity index is 528. The van der Waals surface area contributed by atoms with Crippen molar-refractivity contribution in [2.75, 3.05) is 13.2 Å². The fourth-order valence-corrected chi connectivity index (χ4v) is 1.59. The molecule has 2 aromatic carbocycles. The topological polar surface area (TPSA) is 58.9 Å². The lowest BCUT2D eigenvalue weighted by molar-refractivity contribution is 0.217. The van der Waals surface area contributed by atoms with E-state index in [4.69, 9.17) is 19.5 Å². The third kappa shape index (κ3) is 4.26. The minimum Gasteiger partial charge on any atom is -0.490 e. The molecule has 0 bridgehead atoms. The zero-order valence-electron chi connectivity index (χ0n) is 10.7. The Labute approximate surface area is 116 Å². The summed E-state index contributed by atoms with van der Waals surface area (Å²) in [5, 5.41) is 17.9. The lowest BCUT2D eigenvalue weighted by Crippen LogP contribution is -2.29. The fraction of sp³-hybridized carbons (Fsp3) is 0.143. The Morgan fingerprint density at radius 2 is 1.25 bits per heavy atom. The summed E-state index contributed by atoms with van der Waals surface area (Å²) in [6.07, 6.45) is 0. The molecule has 0 amide bonds. The second-order valence-electron chi connectivity index (χ2n) is 4.09. The summed E-state index contributed by atoms with van der Waals surface area (Å²) < 4.78 is 23.5. The molecule has 2 aromatic rings. The Hall–Kier alpha value is -2.05. The SMILES string of the molecule is OB(O)c1ccc(OCCOc2ccc(F)cc2)cc1. The quantitative estimate of drug-likeness (QED) is 0.609. The molecule has 0 spiro atoms. The molecule has 0 saturated heterocycles. The first-order chi connectivity index (χ1) is 9.65. The molecule has 4 nitrogen and oxygen atoms in total. The van der Waals surface area contributed by atoms with Gasteiger partial charge in [-0.1, -0.05) is 12.1 Å². The van der Waals surface area contributed by atoms with Gasteiger partial charge in [0.15, 0.2) is 0 Å². The minimum atomic E-state index is -1.48. The van der Waals surface area contributed by atoms with E-state index < -0.39 is 7.12 Å². The third-order valence-corrected chi connectivity index (χ3v) is 2.61. The van der Waals surface area contributed by atoms with Crippen LogP contribution >= 0.6 is 0 Å². The van der Waals surface area contributed by atoms with Gasteiger partial charge in [0.1, 0.15) is 30.5 Å².